The lowest BCUT2D eigenvalue weighted by Crippen LogP contribution is -2.50. The van der Waals surface area contributed by atoms with Crippen LogP contribution in [0.1, 0.15) is 17.7 Å². The molecule has 8 heteroatoms. The van der Waals surface area contributed by atoms with Crippen molar-refractivity contribution >= 4 is 11.7 Å². The summed E-state index contributed by atoms with van der Waals surface area (Å²) in [4.78, 5) is 28.0. The summed E-state index contributed by atoms with van der Waals surface area (Å²) in [5.74, 6) is 0.814. The van der Waals surface area contributed by atoms with Crippen molar-refractivity contribution in [3.8, 4) is 0 Å². The van der Waals surface area contributed by atoms with E-state index in [1.165, 1.54) is 22.5 Å². The van der Waals surface area contributed by atoms with Gasteiger partial charge < -0.3 is 9.80 Å². The van der Waals surface area contributed by atoms with Gasteiger partial charge in [-0.3, -0.25) is 9.59 Å². The molecule has 25 heavy (non-hydrogen) atoms. The summed E-state index contributed by atoms with van der Waals surface area (Å²) in [5, 5.41) is 12.6. The van der Waals surface area contributed by atoms with Gasteiger partial charge in [0.05, 0.1) is 5.69 Å². The molecule has 0 unspecified atom stereocenters. The average molecular weight is 340 g/mol. The molecule has 0 spiro atoms. The van der Waals surface area contributed by atoms with Crippen LogP contribution in [0.25, 0.3) is 0 Å². The van der Waals surface area contributed by atoms with Gasteiger partial charge in [0.15, 0.2) is 5.82 Å². The highest BCUT2D eigenvalue weighted by molar-refractivity contribution is 5.76. The second-order valence-corrected chi connectivity index (χ2v) is 6.42. The van der Waals surface area contributed by atoms with E-state index in [2.05, 4.69) is 26.3 Å². The number of carbonyl (C=O) groups is 1. The number of aryl methyl sites for hydroxylation is 2. The van der Waals surface area contributed by atoms with Gasteiger partial charge in [-0.15, -0.1) is 5.10 Å². The third-order valence-electron chi connectivity index (χ3n) is 4.83. The molecule has 0 bridgehead atoms. The summed E-state index contributed by atoms with van der Waals surface area (Å²) in [5.41, 5.74) is 2.17. The minimum absolute atomic E-state index is 0.0156. The molecule has 0 radical (unpaired) electrons. The first-order chi connectivity index (χ1) is 12.2. The second-order valence-electron chi connectivity index (χ2n) is 6.42. The summed E-state index contributed by atoms with van der Waals surface area (Å²) < 4.78 is 1.20. The number of anilines is 1. The molecule has 2 aromatic heterocycles. The van der Waals surface area contributed by atoms with Crippen molar-refractivity contribution < 1.29 is 4.79 Å². The third-order valence-corrected chi connectivity index (χ3v) is 4.83. The van der Waals surface area contributed by atoms with E-state index in [0.717, 1.165) is 43.9 Å². The first-order valence-electron chi connectivity index (χ1n) is 8.61. The average Bonchev–Trinajstić information content (AvgIpc) is 3.11. The zero-order valence-corrected chi connectivity index (χ0v) is 14.0. The van der Waals surface area contributed by atoms with Crippen LogP contribution in [0.5, 0.6) is 0 Å². The van der Waals surface area contributed by atoms with E-state index in [4.69, 9.17) is 0 Å². The van der Waals surface area contributed by atoms with Gasteiger partial charge >= 0.3 is 0 Å². The number of nitrogens with zero attached hydrogens (tertiary/aromatic N) is 6. The molecular formula is C17H20N6O2. The van der Waals surface area contributed by atoms with Gasteiger partial charge in [0.1, 0.15) is 6.54 Å². The maximum Gasteiger partial charge on any atom is 0.267 e. The Morgan fingerprint density at radius 3 is 2.76 bits per heavy atom. The number of carbonyl (C=O) groups excluding carboxylic acids is 1. The van der Waals surface area contributed by atoms with Gasteiger partial charge in [0.2, 0.25) is 5.91 Å². The number of hydrogen-bond acceptors (Lipinski definition) is 6. The van der Waals surface area contributed by atoms with E-state index in [1.807, 2.05) is 0 Å². The van der Waals surface area contributed by atoms with Gasteiger partial charge in [-0.2, -0.15) is 10.2 Å². The predicted molar refractivity (Wildman–Crippen MR) is 91.3 cm³/mol. The Morgan fingerprint density at radius 2 is 1.96 bits per heavy atom. The fourth-order valence-electron chi connectivity index (χ4n) is 3.39. The van der Waals surface area contributed by atoms with Crippen molar-refractivity contribution in [2.45, 2.75) is 25.8 Å². The van der Waals surface area contributed by atoms with E-state index in [1.54, 1.807) is 11.0 Å². The maximum absolute atomic E-state index is 12.4. The first-order valence-corrected chi connectivity index (χ1v) is 8.61. The summed E-state index contributed by atoms with van der Waals surface area (Å²) in [6.07, 6.45) is 4.77. The van der Waals surface area contributed by atoms with E-state index in [-0.39, 0.29) is 18.0 Å². The molecular weight excluding hydrogens is 320 g/mol. The van der Waals surface area contributed by atoms with Gasteiger partial charge in [-0.1, -0.05) is 0 Å². The maximum atomic E-state index is 12.4. The minimum atomic E-state index is -0.261. The van der Waals surface area contributed by atoms with E-state index < -0.39 is 0 Å². The summed E-state index contributed by atoms with van der Waals surface area (Å²) in [6, 6.07) is 5.12. The standard InChI is InChI=1S/C17H20N6O2/c24-16-5-2-6-18-23(16)12-17(25)22-9-7-21(8-10-22)15-11-13-3-1-4-14(13)19-20-15/h2,5-6,11H,1,3-4,7-10,12H2. The summed E-state index contributed by atoms with van der Waals surface area (Å²) in [7, 11) is 0. The molecule has 0 atom stereocenters. The van der Waals surface area contributed by atoms with Crippen LogP contribution in [0.2, 0.25) is 0 Å². The van der Waals surface area contributed by atoms with Gasteiger partial charge in [0.25, 0.3) is 5.56 Å². The zero-order valence-electron chi connectivity index (χ0n) is 14.0. The normalized spacial score (nSPS) is 16.8. The highest BCUT2D eigenvalue weighted by atomic mass is 16.2. The summed E-state index contributed by atoms with van der Waals surface area (Å²) in [6.45, 7) is 2.64. The number of hydrogen-bond donors (Lipinski definition) is 0. The zero-order chi connectivity index (χ0) is 17.2. The van der Waals surface area contributed by atoms with Crippen LogP contribution >= 0.6 is 0 Å². The fourth-order valence-corrected chi connectivity index (χ4v) is 3.39. The molecule has 2 aromatic rings. The number of piperazine rings is 1. The van der Waals surface area contributed by atoms with Crippen LogP contribution in [-0.2, 0) is 24.2 Å². The van der Waals surface area contributed by atoms with Crippen LogP contribution in [0.3, 0.4) is 0 Å². The molecule has 0 saturated carbocycles. The largest absolute Gasteiger partial charge is 0.352 e. The van der Waals surface area contributed by atoms with Crippen molar-refractivity contribution in [2.75, 3.05) is 31.1 Å². The Balaban J connectivity index is 1.37. The second kappa shape index (κ2) is 6.62. The van der Waals surface area contributed by atoms with Crippen LogP contribution in [0, 0.1) is 0 Å². The van der Waals surface area contributed by atoms with Crippen molar-refractivity contribution in [3.05, 3.63) is 46.0 Å². The van der Waals surface area contributed by atoms with E-state index in [0.29, 0.717) is 13.1 Å². The molecule has 3 heterocycles. The first kappa shape index (κ1) is 15.7. The Kier molecular flexibility index (Phi) is 4.17. The Morgan fingerprint density at radius 1 is 1.12 bits per heavy atom. The number of amides is 1. The molecule has 0 N–H and O–H groups in total. The monoisotopic (exact) mass is 340 g/mol. The van der Waals surface area contributed by atoms with Crippen molar-refractivity contribution in [3.63, 3.8) is 0 Å². The number of rotatable bonds is 3. The molecule has 2 aliphatic rings. The van der Waals surface area contributed by atoms with E-state index in [9.17, 15) is 9.59 Å². The lowest BCUT2D eigenvalue weighted by Gasteiger charge is -2.35. The lowest BCUT2D eigenvalue weighted by atomic mass is 10.2. The smallest absolute Gasteiger partial charge is 0.267 e. The van der Waals surface area contributed by atoms with Gasteiger partial charge in [-0.25, -0.2) is 4.68 Å². The SMILES string of the molecule is O=C(Cn1ncccc1=O)N1CCN(c2cc3c(nn2)CCC3)CC1. The minimum Gasteiger partial charge on any atom is -0.352 e. The molecule has 0 aromatic carbocycles. The van der Waals surface area contributed by atoms with Gasteiger partial charge in [0, 0.05) is 38.4 Å². The van der Waals surface area contributed by atoms with Crippen molar-refractivity contribution in [1.29, 1.82) is 0 Å². The topological polar surface area (TPSA) is 84.2 Å². The van der Waals surface area contributed by atoms with E-state index >= 15 is 0 Å². The van der Waals surface area contributed by atoms with Crippen LogP contribution in [-0.4, -0.2) is 57.0 Å². The van der Waals surface area contributed by atoms with Crippen molar-refractivity contribution in [2.24, 2.45) is 0 Å². The highest BCUT2D eigenvalue weighted by Gasteiger charge is 2.24. The molecule has 1 aliphatic carbocycles. The molecule has 130 valence electrons. The predicted octanol–water partition coefficient (Wildman–Crippen LogP) is -0.129. The quantitative estimate of drug-likeness (QED) is 0.774. The fraction of sp³-hybridized carbons (Fsp3) is 0.471. The number of fused-ring (bicyclic) bond motifs is 1. The Hall–Kier alpha value is -2.77. The highest BCUT2D eigenvalue weighted by Crippen LogP contribution is 2.23. The Labute approximate surface area is 145 Å². The Bertz CT molecular complexity index is 841. The molecule has 4 rings (SSSR count). The van der Waals surface area contributed by atoms with Crippen LogP contribution in [0.4, 0.5) is 5.82 Å². The lowest BCUT2D eigenvalue weighted by molar-refractivity contribution is -0.132. The number of aromatic nitrogens is 4. The molecule has 1 aliphatic heterocycles. The molecule has 1 saturated heterocycles. The van der Waals surface area contributed by atoms with Crippen LogP contribution < -0.4 is 10.5 Å². The van der Waals surface area contributed by atoms with Gasteiger partial charge in [-0.05, 0) is 37.0 Å². The third kappa shape index (κ3) is 3.24. The molecule has 8 nitrogen and oxygen atoms in total. The van der Waals surface area contributed by atoms with Crippen molar-refractivity contribution in [1.82, 2.24) is 24.9 Å². The summed E-state index contributed by atoms with van der Waals surface area (Å²) >= 11 is 0. The molecule has 1 amide bonds. The molecule has 1 fully saturated rings. The van der Waals surface area contributed by atoms with Crippen LogP contribution in [0.15, 0.2) is 29.2 Å².